The van der Waals surface area contributed by atoms with Gasteiger partial charge in [0.05, 0.1) is 0 Å². The molecule has 1 aromatic heterocycles. The van der Waals surface area contributed by atoms with Crippen molar-refractivity contribution >= 4 is 5.82 Å². The van der Waals surface area contributed by atoms with Crippen LogP contribution in [0.5, 0.6) is 0 Å². The van der Waals surface area contributed by atoms with E-state index in [2.05, 4.69) is 21.9 Å². The summed E-state index contributed by atoms with van der Waals surface area (Å²) in [6.07, 6.45) is 6.70. The van der Waals surface area contributed by atoms with Crippen LogP contribution in [-0.4, -0.2) is 30.1 Å². The molecule has 0 saturated heterocycles. The van der Waals surface area contributed by atoms with E-state index in [9.17, 15) is 0 Å². The molecule has 1 aliphatic carbocycles. The first kappa shape index (κ1) is 11.3. The Balaban J connectivity index is 1.97. The van der Waals surface area contributed by atoms with E-state index in [-0.39, 0.29) is 0 Å². The van der Waals surface area contributed by atoms with E-state index in [0.29, 0.717) is 6.54 Å². The van der Waals surface area contributed by atoms with Gasteiger partial charge in [-0.1, -0.05) is 6.42 Å². The van der Waals surface area contributed by atoms with Crippen molar-refractivity contribution in [3.8, 4) is 0 Å². The van der Waals surface area contributed by atoms with Crippen LogP contribution in [0.2, 0.25) is 0 Å². The molecule has 4 nitrogen and oxygen atoms in total. The van der Waals surface area contributed by atoms with Crippen LogP contribution in [0.3, 0.4) is 0 Å². The average molecular weight is 220 g/mol. The third-order valence-electron chi connectivity index (χ3n) is 3.21. The fourth-order valence-corrected chi connectivity index (χ4v) is 2.01. The lowest BCUT2D eigenvalue weighted by Crippen LogP contribution is -2.30. The molecule has 0 atom stereocenters. The van der Waals surface area contributed by atoms with Gasteiger partial charge in [-0.15, -0.1) is 0 Å². The molecule has 0 amide bonds. The van der Waals surface area contributed by atoms with Gasteiger partial charge in [0.2, 0.25) is 0 Å². The molecule has 0 radical (unpaired) electrons. The molecule has 2 rings (SSSR count). The molecule has 0 unspecified atom stereocenters. The van der Waals surface area contributed by atoms with Crippen LogP contribution in [0.15, 0.2) is 12.3 Å². The number of hydrogen-bond donors (Lipinski definition) is 1. The second kappa shape index (κ2) is 5.25. The van der Waals surface area contributed by atoms with Crippen molar-refractivity contribution in [2.24, 2.45) is 11.7 Å². The molecule has 0 aromatic carbocycles. The molecule has 88 valence electrons. The highest BCUT2D eigenvalue weighted by Crippen LogP contribution is 2.27. The number of aromatic nitrogens is 2. The summed E-state index contributed by atoms with van der Waals surface area (Å²) < 4.78 is 0. The van der Waals surface area contributed by atoms with Gasteiger partial charge in [0.25, 0.3) is 0 Å². The Bertz CT molecular complexity index is 336. The molecule has 1 aromatic rings. The second-order valence-corrected chi connectivity index (χ2v) is 4.55. The lowest BCUT2D eigenvalue weighted by Gasteiger charge is -2.30. The standard InChI is InChI=1S/C12H20N4/c1-16(9-10-3-2-4-10)12-6-8-14-11(15-12)5-7-13/h6,8,10H,2-5,7,9,13H2,1H3. The highest BCUT2D eigenvalue weighted by atomic mass is 15.2. The Morgan fingerprint density at radius 1 is 1.50 bits per heavy atom. The van der Waals surface area contributed by atoms with Crippen molar-refractivity contribution in [3.63, 3.8) is 0 Å². The van der Waals surface area contributed by atoms with Crippen LogP contribution in [0.4, 0.5) is 5.82 Å². The first-order valence-electron chi connectivity index (χ1n) is 6.02. The quantitative estimate of drug-likeness (QED) is 0.810. The van der Waals surface area contributed by atoms with Gasteiger partial charge in [-0.05, 0) is 31.4 Å². The number of anilines is 1. The van der Waals surface area contributed by atoms with Gasteiger partial charge in [-0.25, -0.2) is 9.97 Å². The van der Waals surface area contributed by atoms with Crippen LogP contribution >= 0.6 is 0 Å². The summed E-state index contributed by atoms with van der Waals surface area (Å²) in [7, 11) is 2.10. The SMILES string of the molecule is CN(CC1CCC1)c1ccnc(CCN)n1. The number of hydrogen-bond acceptors (Lipinski definition) is 4. The average Bonchev–Trinajstić information content (AvgIpc) is 2.24. The van der Waals surface area contributed by atoms with E-state index in [1.165, 1.54) is 19.3 Å². The molecular formula is C12H20N4. The third kappa shape index (κ3) is 2.70. The molecule has 0 bridgehead atoms. The zero-order valence-corrected chi connectivity index (χ0v) is 9.89. The van der Waals surface area contributed by atoms with Crippen molar-refractivity contribution in [1.82, 2.24) is 9.97 Å². The largest absolute Gasteiger partial charge is 0.359 e. The van der Waals surface area contributed by atoms with Gasteiger partial charge in [-0.3, -0.25) is 0 Å². The molecule has 1 aliphatic rings. The zero-order valence-electron chi connectivity index (χ0n) is 9.89. The van der Waals surface area contributed by atoms with E-state index < -0.39 is 0 Å². The predicted octanol–water partition coefficient (Wildman–Crippen LogP) is 1.21. The van der Waals surface area contributed by atoms with Crippen molar-refractivity contribution in [3.05, 3.63) is 18.1 Å². The number of rotatable bonds is 5. The van der Waals surface area contributed by atoms with E-state index in [4.69, 9.17) is 5.73 Å². The minimum atomic E-state index is 0.607. The molecular weight excluding hydrogens is 200 g/mol. The minimum Gasteiger partial charge on any atom is -0.359 e. The monoisotopic (exact) mass is 220 g/mol. The predicted molar refractivity (Wildman–Crippen MR) is 65.4 cm³/mol. The minimum absolute atomic E-state index is 0.607. The van der Waals surface area contributed by atoms with Gasteiger partial charge < -0.3 is 10.6 Å². The van der Waals surface area contributed by atoms with E-state index in [1.54, 1.807) is 0 Å². The summed E-state index contributed by atoms with van der Waals surface area (Å²) >= 11 is 0. The lowest BCUT2D eigenvalue weighted by molar-refractivity contribution is 0.321. The van der Waals surface area contributed by atoms with Crippen LogP contribution in [-0.2, 0) is 6.42 Å². The molecule has 1 heterocycles. The fraction of sp³-hybridized carbons (Fsp3) is 0.667. The van der Waals surface area contributed by atoms with Gasteiger partial charge in [0, 0.05) is 26.2 Å². The Hall–Kier alpha value is -1.16. The normalized spacial score (nSPS) is 15.9. The van der Waals surface area contributed by atoms with Gasteiger partial charge in [0.1, 0.15) is 11.6 Å². The van der Waals surface area contributed by atoms with Crippen LogP contribution in [0, 0.1) is 5.92 Å². The van der Waals surface area contributed by atoms with Gasteiger partial charge in [-0.2, -0.15) is 0 Å². The summed E-state index contributed by atoms with van der Waals surface area (Å²) in [5.41, 5.74) is 5.50. The summed E-state index contributed by atoms with van der Waals surface area (Å²) in [5, 5.41) is 0. The Morgan fingerprint density at radius 3 is 2.94 bits per heavy atom. The second-order valence-electron chi connectivity index (χ2n) is 4.55. The summed E-state index contributed by atoms with van der Waals surface area (Å²) in [4.78, 5) is 10.9. The molecule has 1 fully saturated rings. The van der Waals surface area contributed by atoms with Gasteiger partial charge >= 0.3 is 0 Å². The molecule has 4 heteroatoms. The highest BCUT2D eigenvalue weighted by Gasteiger charge is 2.19. The first-order valence-corrected chi connectivity index (χ1v) is 6.02. The topological polar surface area (TPSA) is 55.0 Å². The smallest absolute Gasteiger partial charge is 0.131 e. The van der Waals surface area contributed by atoms with E-state index in [0.717, 1.165) is 30.5 Å². The first-order chi connectivity index (χ1) is 7.79. The van der Waals surface area contributed by atoms with Crippen LogP contribution in [0.1, 0.15) is 25.1 Å². The lowest BCUT2D eigenvalue weighted by atomic mass is 9.85. The fourth-order valence-electron chi connectivity index (χ4n) is 2.01. The molecule has 1 saturated carbocycles. The summed E-state index contributed by atoms with van der Waals surface area (Å²) in [5.74, 6) is 2.73. The van der Waals surface area contributed by atoms with E-state index >= 15 is 0 Å². The number of nitrogens with zero attached hydrogens (tertiary/aromatic N) is 3. The molecule has 2 N–H and O–H groups in total. The molecule has 16 heavy (non-hydrogen) atoms. The maximum Gasteiger partial charge on any atom is 0.131 e. The highest BCUT2D eigenvalue weighted by molar-refractivity contribution is 5.36. The van der Waals surface area contributed by atoms with Crippen molar-refractivity contribution < 1.29 is 0 Å². The van der Waals surface area contributed by atoms with Crippen molar-refractivity contribution in [1.29, 1.82) is 0 Å². The Morgan fingerprint density at radius 2 is 2.31 bits per heavy atom. The summed E-state index contributed by atoms with van der Waals surface area (Å²) in [6, 6.07) is 1.97. The maximum absolute atomic E-state index is 5.50. The van der Waals surface area contributed by atoms with E-state index in [1.807, 2.05) is 12.3 Å². The molecule has 0 aliphatic heterocycles. The van der Waals surface area contributed by atoms with Crippen molar-refractivity contribution in [2.75, 3.05) is 25.0 Å². The number of nitrogens with two attached hydrogens (primary N) is 1. The summed E-state index contributed by atoms with van der Waals surface area (Å²) in [6.45, 7) is 1.72. The third-order valence-corrected chi connectivity index (χ3v) is 3.21. The van der Waals surface area contributed by atoms with Gasteiger partial charge in [0.15, 0.2) is 0 Å². The molecule has 0 spiro atoms. The Kier molecular flexibility index (Phi) is 3.72. The van der Waals surface area contributed by atoms with Crippen LogP contribution < -0.4 is 10.6 Å². The van der Waals surface area contributed by atoms with Crippen molar-refractivity contribution in [2.45, 2.75) is 25.7 Å². The van der Waals surface area contributed by atoms with Crippen LogP contribution in [0.25, 0.3) is 0 Å². The Labute approximate surface area is 96.9 Å². The zero-order chi connectivity index (χ0) is 11.4. The maximum atomic E-state index is 5.50.